The fourth-order valence-corrected chi connectivity index (χ4v) is 3.33. The number of ether oxygens (including phenoxy) is 1. The van der Waals surface area contributed by atoms with Crippen LogP contribution in [0.15, 0.2) is 12.1 Å². The summed E-state index contributed by atoms with van der Waals surface area (Å²) in [6, 6.07) is 6.18. The summed E-state index contributed by atoms with van der Waals surface area (Å²) in [5, 5.41) is 9.09. The van der Waals surface area contributed by atoms with Gasteiger partial charge in [0, 0.05) is 13.1 Å². The van der Waals surface area contributed by atoms with Crippen molar-refractivity contribution in [1.82, 2.24) is 4.98 Å². The van der Waals surface area contributed by atoms with Crippen LogP contribution in [0.2, 0.25) is 0 Å². The number of nitrogens with zero attached hydrogens (tertiary/aromatic N) is 3. The van der Waals surface area contributed by atoms with E-state index in [2.05, 4.69) is 16.0 Å². The lowest BCUT2D eigenvalue weighted by Crippen LogP contribution is -2.38. The number of pyridine rings is 1. The number of aromatic nitrogens is 1. The summed E-state index contributed by atoms with van der Waals surface area (Å²) in [7, 11) is 0. The summed E-state index contributed by atoms with van der Waals surface area (Å²) >= 11 is 0. The van der Waals surface area contributed by atoms with Crippen LogP contribution in [0.1, 0.15) is 49.8 Å². The second kappa shape index (κ2) is 6.44. The molecule has 2 fully saturated rings. The van der Waals surface area contributed by atoms with Gasteiger partial charge in [0.2, 0.25) is 0 Å². The highest BCUT2D eigenvalue weighted by Crippen LogP contribution is 2.26. The Bertz CT molecular complexity index is 523. The normalized spacial score (nSPS) is 20.7. The van der Waals surface area contributed by atoms with E-state index >= 15 is 0 Å². The van der Waals surface area contributed by atoms with Crippen molar-refractivity contribution in [2.75, 3.05) is 18.0 Å². The molecule has 0 radical (unpaired) electrons. The molecule has 1 aliphatic carbocycles. The number of nitriles is 1. The van der Waals surface area contributed by atoms with E-state index in [1.165, 1.54) is 25.7 Å². The largest absolute Gasteiger partial charge is 0.375 e. The monoisotopic (exact) mass is 285 g/mol. The fourth-order valence-electron chi connectivity index (χ4n) is 3.33. The van der Waals surface area contributed by atoms with Crippen LogP contribution in [0.4, 0.5) is 5.82 Å². The van der Waals surface area contributed by atoms with Gasteiger partial charge in [0.25, 0.3) is 0 Å². The maximum Gasteiger partial charge on any atom is 0.145 e. The Kier molecular flexibility index (Phi) is 4.40. The molecule has 4 heteroatoms. The van der Waals surface area contributed by atoms with Crippen LogP contribution in [0.5, 0.6) is 0 Å². The SMILES string of the molecule is Cc1ccc(N2CCC(OC3CCCC3)CC2)nc1C#N. The Morgan fingerprint density at radius 2 is 1.81 bits per heavy atom. The highest BCUT2D eigenvalue weighted by atomic mass is 16.5. The average Bonchev–Trinajstić information content (AvgIpc) is 3.02. The standard InChI is InChI=1S/C17H23N3O/c1-13-6-7-17(19-16(13)12-18)20-10-8-15(9-11-20)21-14-4-2-3-5-14/h6-7,14-15H,2-5,8-11H2,1H3. The Hall–Kier alpha value is -1.60. The third-order valence-electron chi connectivity index (χ3n) is 4.64. The lowest BCUT2D eigenvalue weighted by molar-refractivity contribution is -0.0195. The van der Waals surface area contributed by atoms with Crippen LogP contribution >= 0.6 is 0 Å². The third-order valence-corrected chi connectivity index (χ3v) is 4.64. The Labute approximate surface area is 126 Å². The van der Waals surface area contributed by atoms with Crippen molar-refractivity contribution in [3.05, 3.63) is 23.4 Å². The minimum atomic E-state index is 0.408. The number of piperidine rings is 1. The van der Waals surface area contributed by atoms with Gasteiger partial charge in [0.1, 0.15) is 17.6 Å². The van der Waals surface area contributed by atoms with Gasteiger partial charge in [0.15, 0.2) is 0 Å². The van der Waals surface area contributed by atoms with Crippen LogP contribution in [0.3, 0.4) is 0 Å². The molecule has 0 atom stereocenters. The minimum absolute atomic E-state index is 0.408. The van der Waals surface area contributed by atoms with Crippen molar-refractivity contribution in [2.45, 2.75) is 57.7 Å². The number of aryl methyl sites for hydroxylation is 1. The molecular formula is C17H23N3O. The predicted octanol–water partition coefficient (Wildman–Crippen LogP) is 3.19. The molecule has 0 amide bonds. The van der Waals surface area contributed by atoms with E-state index in [1.807, 2.05) is 19.1 Å². The van der Waals surface area contributed by atoms with Crippen molar-refractivity contribution in [2.24, 2.45) is 0 Å². The smallest absolute Gasteiger partial charge is 0.145 e. The summed E-state index contributed by atoms with van der Waals surface area (Å²) in [6.45, 7) is 3.87. The van der Waals surface area contributed by atoms with Crippen molar-refractivity contribution < 1.29 is 4.74 Å². The van der Waals surface area contributed by atoms with Gasteiger partial charge in [-0.15, -0.1) is 0 Å². The summed E-state index contributed by atoms with van der Waals surface area (Å²) in [6.07, 6.45) is 8.18. The average molecular weight is 285 g/mol. The molecule has 3 rings (SSSR count). The second-order valence-corrected chi connectivity index (χ2v) is 6.18. The molecule has 1 saturated carbocycles. The maximum absolute atomic E-state index is 9.09. The van der Waals surface area contributed by atoms with Crippen molar-refractivity contribution in [3.63, 3.8) is 0 Å². The van der Waals surface area contributed by atoms with E-state index in [-0.39, 0.29) is 0 Å². The molecule has 2 aliphatic rings. The van der Waals surface area contributed by atoms with Gasteiger partial charge < -0.3 is 9.64 Å². The summed E-state index contributed by atoms with van der Waals surface area (Å²) < 4.78 is 6.20. The van der Waals surface area contributed by atoms with E-state index in [0.717, 1.165) is 37.3 Å². The molecule has 4 nitrogen and oxygen atoms in total. The topological polar surface area (TPSA) is 49.1 Å². The number of rotatable bonds is 3. The Morgan fingerprint density at radius 3 is 2.48 bits per heavy atom. The molecule has 0 spiro atoms. The molecule has 2 heterocycles. The highest BCUT2D eigenvalue weighted by Gasteiger charge is 2.25. The van der Waals surface area contributed by atoms with E-state index in [9.17, 15) is 0 Å². The number of anilines is 1. The van der Waals surface area contributed by atoms with Gasteiger partial charge in [-0.05, 0) is 44.2 Å². The van der Waals surface area contributed by atoms with Gasteiger partial charge in [0.05, 0.1) is 12.2 Å². The summed E-state index contributed by atoms with van der Waals surface area (Å²) in [4.78, 5) is 6.74. The molecule has 1 aliphatic heterocycles. The van der Waals surface area contributed by atoms with Crippen molar-refractivity contribution >= 4 is 5.82 Å². The van der Waals surface area contributed by atoms with E-state index in [4.69, 9.17) is 10.00 Å². The fraction of sp³-hybridized carbons (Fsp3) is 0.647. The molecular weight excluding hydrogens is 262 g/mol. The van der Waals surface area contributed by atoms with E-state index < -0.39 is 0 Å². The first-order chi connectivity index (χ1) is 10.3. The van der Waals surface area contributed by atoms with Gasteiger partial charge >= 0.3 is 0 Å². The quantitative estimate of drug-likeness (QED) is 0.855. The molecule has 0 N–H and O–H groups in total. The van der Waals surface area contributed by atoms with E-state index in [0.29, 0.717) is 17.9 Å². The van der Waals surface area contributed by atoms with Crippen LogP contribution < -0.4 is 4.90 Å². The number of hydrogen-bond donors (Lipinski definition) is 0. The van der Waals surface area contributed by atoms with Crippen LogP contribution in [-0.4, -0.2) is 30.3 Å². The molecule has 1 saturated heterocycles. The molecule has 21 heavy (non-hydrogen) atoms. The molecule has 0 bridgehead atoms. The van der Waals surface area contributed by atoms with Gasteiger partial charge in [-0.25, -0.2) is 4.98 Å². The molecule has 0 aromatic carbocycles. The molecule has 1 aromatic rings. The zero-order chi connectivity index (χ0) is 14.7. The second-order valence-electron chi connectivity index (χ2n) is 6.18. The van der Waals surface area contributed by atoms with E-state index in [1.54, 1.807) is 0 Å². The lowest BCUT2D eigenvalue weighted by Gasteiger charge is -2.34. The maximum atomic E-state index is 9.09. The summed E-state index contributed by atoms with van der Waals surface area (Å²) in [5.41, 5.74) is 1.48. The van der Waals surface area contributed by atoms with Crippen LogP contribution in [-0.2, 0) is 4.74 Å². The lowest BCUT2D eigenvalue weighted by atomic mass is 10.1. The first-order valence-corrected chi connectivity index (χ1v) is 8.04. The van der Waals surface area contributed by atoms with Gasteiger partial charge in [-0.3, -0.25) is 0 Å². The Balaban J connectivity index is 1.56. The third kappa shape index (κ3) is 3.36. The molecule has 0 unspecified atom stereocenters. The van der Waals surface area contributed by atoms with Crippen molar-refractivity contribution in [1.29, 1.82) is 5.26 Å². The zero-order valence-corrected chi connectivity index (χ0v) is 12.7. The highest BCUT2D eigenvalue weighted by molar-refractivity contribution is 5.45. The first kappa shape index (κ1) is 14.3. The molecule has 112 valence electrons. The minimum Gasteiger partial charge on any atom is -0.375 e. The van der Waals surface area contributed by atoms with Crippen LogP contribution in [0, 0.1) is 18.3 Å². The summed E-state index contributed by atoms with van der Waals surface area (Å²) in [5.74, 6) is 0.927. The van der Waals surface area contributed by atoms with Gasteiger partial charge in [-0.2, -0.15) is 5.26 Å². The van der Waals surface area contributed by atoms with Gasteiger partial charge in [-0.1, -0.05) is 18.9 Å². The molecule has 1 aromatic heterocycles. The zero-order valence-electron chi connectivity index (χ0n) is 12.7. The first-order valence-electron chi connectivity index (χ1n) is 8.04. The predicted molar refractivity (Wildman–Crippen MR) is 82.3 cm³/mol. The Morgan fingerprint density at radius 1 is 1.14 bits per heavy atom. The van der Waals surface area contributed by atoms with Crippen molar-refractivity contribution in [3.8, 4) is 6.07 Å². The number of hydrogen-bond acceptors (Lipinski definition) is 4. The van der Waals surface area contributed by atoms with Crippen LogP contribution in [0.25, 0.3) is 0 Å².